The molecule has 0 fully saturated rings. The summed E-state index contributed by atoms with van der Waals surface area (Å²) in [5, 5.41) is 0. The van der Waals surface area contributed by atoms with Gasteiger partial charge < -0.3 is 18.9 Å². The minimum atomic E-state index is -0.681. The molecule has 0 spiro atoms. The van der Waals surface area contributed by atoms with E-state index in [1.807, 2.05) is 50.2 Å². The summed E-state index contributed by atoms with van der Waals surface area (Å²) in [4.78, 5) is 47.0. The van der Waals surface area contributed by atoms with Crippen molar-refractivity contribution >= 4 is 23.9 Å². The molecule has 0 amide bonds. The van der Waals surface area contributed by atoms with E-state index in [1.165, 1.54) is 24.3 Å². The van der Waals surface area contributed by atoms with Gasteiger partial charge in [-0.1, -0.05) is 12.1 Å². The first kappa shape index (κ1) is 23.2. The molecule has 0 aromatic heterocycles. The minimum absolute atomic E-state index is 0.188. The number of carbonyl (C=O) groups is 4. The third-order valence-corrected chi connectivity index (χ3v) is 6.37. The number of carbonyl (C=O) groups excluding carboxylic acids is 4. The van der Waals surface area contributed by atoms with Gasteiger partial charge in [-0.15, -0.1) is 0 Å². The van der Waals surface area contributed by atoms with E-state index in [9.17, 15) is 19.2 Å². The second-order valence-electron chi connectivity index (χ2n) is 8.93. The highest BCUT2D eigenvalue weighted by Crippen LogP contribution is 2.35. The summed E-state index contributed by atoms with van der Waals surface area (Å²) in [7, 11) is 0. The Bertz CT molecular complexity index is 1590. The summed E-state index contributed by atoms with van der Waals surface area (Å²) >= 11 is 0. The summed E-state index contributed by atoms with van der Waals surface area (Å²) in [6.45, 7) is 3.83. The van der Waals surface area contributed by atoms with Gasteiger partial charge in [0.05, 0.1) is 22.3 Å². The molecular weight excluding hydrogens is 488 g/mol. The van der Waals surface area contributed by atoms with Gasteiger partial charge in [-0.2, -0.15) is 0 Å². The topological polar surface area (TPSA) is 105 Å². The monoisotopic (exact) mass is 506 g/mol. The zero-order valence-corrected chi connectivity index (χ0v) is 20.2. The maximum Gasteiger partial charge on any atom is 0.347 e. The van der Waals surface area contributed by atoms with Crippen LogP contribution in [-0.4, -0.2) is 23.9 Å². The van der Waals surface area contributed by atoms with Crippen LogP contribution >= 0.6 is 0 Å². The third kappa shape index (κ3) is 3.98. The number of hydrogen-bond donors (Lipinski definition) is 0. The van der Waals surface area contributed by atoms with Crippen molar-refractivity contribution < 1.29 is 38.1 Å². The van der Waals surface area contributed by atoms with Crippen molar-refractivity contribution in [3.8, 4) is 34.1 Å². The van der Waals surface area contributed by atoms with Crippen molar-refractivity contribution in [3.63, 3.8) is 0 Å². The summed E-state index contributed by atoms with van der Waals surface area (Å²) in [5.41, 5.74) is 4.51. The molecule has 38 heavy (non-hydrogen) atoms. The highest BCUT2D eigenvalue weighted by Gasteiger charge is 2.31. The average Bonchev–Trinajstić information content (AvgIpc) is 3.34. The lowest BCUT2D eigenvalue weighted by atomic mass is 10.0. The Labute approximate surface area is 216 Å². The van der Waals surface area contributed by atoms with Crippen molar-refractivity contribution in [1.29, 1.82) is 0 Å². The van der Waals surface area contributed by atoms with Crippen molar-refractivity contribution in [1.82, 2.24) is 0 Å². The lowest BCUT2D eigenvalue weighted by molar-refractivity contribution is 0.0425. The van der Waals surface area contributed by atoms with Gasteiger partial charge >= 0.3 is 23.9 Å². The fourth-order valence-electron chi connectivity index (χ4n) is 4.40. The summed E-state index contributed by atoms with van der Waals surface area (Å²) < 4.78 is 21.2. The maximum absolute atomic E-state index is 11.8. The molecule has 8 heteroatoms. The van der Waals surface area contributed by atoms with Crippen LogP contribution in [0.2, 0.25) is 0 Å². The van der Waals surface area contributed by atoms with Crippen LogP contribution in [0.3, 0.4) is 0 Å². The molecule has 4 aromatic carbocycles. The van der Waals surface area contributed by atoms with Gasteiger partial charge in [-0.25, -0.2) is 19.2 Å². The molecule has 2 aliphatic rings. The first-order chi connectivity index (χ1) is 18.3. The molecule has 6 rings (SSSR count). The van der Waals surface area contributed by atoms with E-state index >= 15 is 0 Å². The van der Waals surface area contributed by atoms with Gasteiger partial charge in [-0.05, 0) is 96.8 Å². The molecule has 8 nitrogen and oxygen atoms in total. The van der Waals surface area contributed by atoms with Crippen LogP contribution in [0.1, 0.15) is 52.6 Å². The van der Waals surface area contributed by atoms with Gasteiger partial charge in [-0.3, -0.25) is 0 Å². The number of cyclic esters (lactones) is 4. The van der Waals surface area contributed by atoms with Gasteiger partial charge in [0.15, 0.2) is 0 Å². The number of aryl methyl sites for hydroxylation is 2. The second kappa shape index (κ2) is 8.70. The molecule has 0 saturated carbocycles. The summed E-state index contributed by atoms with van der Waals surface area (Å²) in [5.74, 6) is -0.610. The molecule has 4 aromatic rings. The van der Waals surface area contributed by atoms with Crippen molar-refractivity contribution in [2.24, 2.45) is 0 Å². The van der Waals surface area contributed by atoms with E-state index in [-0.39, 0.29) is 22.3 Å². The van der Waals surface area contributed by atoms with Crippen LogP contribution < -0.4 is 9.47 Å². The molecule has 0 bridgehead atoms. The fourth-order valence-corrected chi connectivity index (χ4v) is 4.40. The predicted octanol–water partition coefficient (Wildman–Crippen LogP) is 6.18. The average molecular weight is 506 g/mol. The largest absolute Gasteiger partial charge is 0.457 e. The highest BCUT2D eigenvalue weighted by atomic mass is 16.6. The third-order valence-electron chi connectivity index (χ3n) is 6.37. The molecule has 186 valence electrons. The van der Waals surface area contributed by atoms with E-state index in [0.29, 0.717) is 23.0 Å². The zero-order chi connectivity index (χ0) is 26.6. The number of hydrogen-bond acceptors (Lipinski definition) is 8. The first-order valence-corrected chi connectivity index (χ1v) is 11.7. The van der Waals surface area contributed by atoms with E-state index < -0.39 is 23.9 Å². The maximum atomic E-state index is 11.8. The molecule has 0 unspecified atom stereocenters. The molecule has 2 aliphatic heterocycles. The highest BCUT2D eigenvalue weighted by molar-refractivity contribution is 6.15. The van der Waals surface area contributed by atoms with Gasteiger partial charge in [0.1, 0.15) is 23.0 Å². The Morgan fingerprint density at radius 1 is 0.474 bits per heavy atom. The number of benzene rings is 4. The fraction of sp³-hybridized carbons (Fsp3) is 0.0667. The summed E-state index contributed by atoms with van der Waals surface area (Å²) in [6.07, 6.45) is 0. The van der Waals surface area contributed by atoms with Crippen LogP contribution in [0.4, 0.5) is 0 Å². The SMILES string of the molecule is Cc1cc(-c2ccc(Oc3ccc4c(c3)C(=O)OC4=O)c(C)c2)ccc1Oc1ccc2c(c1)C(=O)OC2=O. The quantitative estimate of drug-likeness (QED) is 0.234. The molecule has 0 saturated heterocycles. The zero-order valence-electron chi connectivity index (χ0n) is 20.2. The Kier molecular flexibility index (Phi) is 5.31. The Morgan fingerprint density at radius 2 is 0.868 bits per heavy atom. The Morgan fingerprint density at radius 3 is 1.26 bits per heavy atom. The van der Waals surface area contributed by atoms with E-state index in [4.69, 9.17) is 9.47 Å². The van der Waals surface area contributed by atoms with Crippen LogP contribution in [0, 0.1) is 13.8 Å². The van der Waals surface area contributed by atoms with E-state index in [0.717, 1.165) is 22.3 Å². The van der Waals surface area contributed by atoms with Crippen molar-refractivity contribution in [2.45, 2.75) is 13.8 Å². The lowest BCUT2D eigenvalue weighted by Gasteiger charge is -2.13. The number of fused-ring (bicyclic) bond motifs is 2. The van der Waals surface area contributed by atoms with Crippen molar-refractivity contribution in [2.75, 3.05) is 0 Å². The van der Waals surface area contributed by atoms with Crippen LogP contribution in [-0.2, 0) is 9.47 Å². The minimum Gasteiger partial charge on any atom is -0.457 e. The molecule has 0 N–H and O–H groups in total. The van der Waals surface area contributed by atoms with Gasteiger partial charge in [0.25, 0.3) is 0 Å². The normalized spacial score (nSPS) is 13.6. The first-order valence-electron chi connectivity index (χ1n) is 11.7. The molecular formula is C30H18O8. The van der Waals surface area contributed by atoms with E-state index in [2.05, 4.69) is 9.47 Å². The predicted molar refractivity (Wildman–Crippen MR) is 134 cm³/mol. The smallest absolute Gasteiger partial charge is 0.347 e. The Hall–Kier alpha value is -5.24. The van der Waals surface area contributed by atoms with Crippen LogP contribution in [0.25, 0.3) is 11.1 Å². The molecule has 0 aliphatic carbocycles. The lowest BCUT2D eigenvalue weighted by Crippen LogP contribution is -1.97. The number of esters is 4. The number of ether oxygens (including phenoxy) is 4. The second-order valence-corrected chi connectivity index (χ2v) is 8.93. The van der Waals surface area contributed by atoms with Gasteiger partial charge in [0.2, 0.25) is 0 Å². The molecule has 0 atom stereocenters. The van der Waals surface area contributed by atoms with Crippen molar-refractivity contribution in [3.05, 3.63) is 106 Å². The van der Waals surface area contributed by atoms with Crippen LogP contribution in [0.5, 0.6) is 23.0 Å². The van der Waals surface area contributed by atoms with E-state index in [1.54, 1.807) is 12.1 Å². The molecule has 0 radical (unpaired) electrons. The standard InChI is InChI=1S/C30H18O8/c1-15-11-17(3-9-25(15)35-19-5-7-21-23(13-19)29(33)37-27(21)31)18-4-10-26(16(2)12-18)36-20-6-8-22-24(14-20)30(34)38-28(22)32/h3-14H,1-2H3. The number of rotatable bonds is 5. The Balaban J connectivity index is 1.20. The molecule has 2 heterocycles. The van der Waals surface area contributed by atoms with Gasteiger partial charge in [0, 0.05) is 0 Å². The summed E-state index contributed by atoms with van der Waals surface area (Å²) in [6, 6.07) is 20.8. The van der Waals surface area contributed by atoms with Crippen LogP contribution in [0.15, 0.2) is 72.8 Å².